The molecule has 4 rings (SSSR count). The molecule has 7 nitrogen and oxygen atoms in total. The van der Waals surface area contributed by atoms with Crippen LogP contribution in [0.5, 0.6) is 0 Å². The van der Waals surface area contributed by atoms with Gasteiger partial charge >= 0.3 is 0 Å². The van der Waals surface area contributed by atoms with E-state index in [0.717, 1.165) is 41.8 Å². The van der Waals surface area contributed by atoms with E-state index in [-0.39, 0.29) is 0 Å². The van der Waals surface area contributed by atoms with E-state index < -0.39 is 5.91 Å². The van der Waals surface area contributed by atoms with Crippen molar-refractivity contribution in [2.24, 2.45) is 12.8 Å². The third kappa shape index (κ3) is 2.21. The summed E-state index contributed by atoms with van der Waals surface area (Å²) in [6, 6.07) is 7.19. The number of hydrogen-bond donors (Lipinski definition) is 1. The quantitative estimate of drug-likeness (QED) is 0.788. The van der Waals surface area contributed by atoms with Gasteiger partial charge < -0.3 is 10.6 Å². The number of carbonyl (C=O) groups excluding carboxylic acids is 1. The van der Waals surface area contributed by atoms with Crippen molar-refractivity contribution in [2.75, 3.05) is 18.0 Å². The average Bonchev–Trinajstić information content (AvgIpc) is 2.86. The summed E-state index contributed by atoms with van der Waals surface area (Å²) in [6.45, 7) is 1.93. The van der Waals surface area contributed by atoms with Crippen LogP contribution in [0.15, 0.2) is 30.5 Å². The first-order valence-corrected chi connectivity index (χ1v) is 7.48. The number of nitrogens with zero attached hydrogens (tertiary/aromatic N) is 5. The van der Waals surface area contributed by atoms with Gasteiger partial charge in [-0.05, 0) is 18.6 Å². The molecule has 1 saturated heterocycles. The van der Waals surface area contributed by atoms with Crippen LogP contribution in [0.25, 0.3) is 22.3 Å². The molecule has 0 saturated carbocycles. The van der Waals surface area contributed by atoms with Crippen LogP contribution in [0.2, 0.25) is 0 Å². The second kappa shape index (κ2) is 5.05. The molecule has 23 heavy (non-hydrogen) atoms. The lowest BCUT2D eigenvalue weighted by molar-refractivity contribution is 0.100. The highest BCUT2D eigenvalue weighted by Crippen LogP contribution is 2.29. The normalized spacial score (nSPS) is 14.0. The van der Waals surface area contributed by atoms with E-state index in [4.69, 9.17) is 10.7 Å². The van der Waals surface area contributed by atoms with Crippen LogP contribution in [0.4, 0.5) is 5.95 Å². The number of hydrogen-bond acceptors (Lipinski definition) is 5. The number of fused-ring (bicyclic) bond motifs is 1. The summed E-state index contributed by atoms with van der Waals surface area (Å²) in [5.41, 5.74) is 9.09. The van der Waals surface area contributed by atoms with E-state index in [1.165, 1.54) is 0 Å². The molecular weight excluding hydrogens is 292 g/mol. The zero-order valence-electron chi connectivity index (χ0n) is 12.7. The Hall–Kier alpha value is -2.96. The summed E-state index contributed by atoms with van der Waals surface area (Å²) in [4.78, 5) is 22.9. The molecule has 0 aliphatic carbocycles. The first kappa shape index (κ1) is 13.7. The molecule has 1 aliphatic heterocycles. The lowest BCUT2D eigenvalue weighted by atomic mass is 10.1. The van der Waals surface area contributed by atoms with Gasteiger partial charge in [-0.25, -0.2) is 9.97 Å². The molecule has 0 unspecified atom stereocenters. The fraction of sp³-hybridized carbons (Fsp3) is 0.250. The molecule has 2 N–H and O–H groups in total. The molecule has 0 bridgehead atoms. The fourth-order valence-electron chi connectivity index (χ4n) is 2.75. The Morgan fingerprint density at radius 3 is 2.78 bits per heavy atom. The zero-order chi connectivity index (χ0) is 16.0. The van der Waals surface area contributed by atoms with E-state index >= 15 is 0 Å². The van der Waals surface area contributed by atoms with Gasteiger partial charge in [-0.15, -0.1) is 0 Å². The van der Waals surface area contributed by atoms with Gasteiger partial charge in [-0.1, -0.05) is 12.1 Å². The smallest absolute Gasteiger partial charge is 0.248 e. The highest BCUT2D eigenvalue weighted by atomic mass is 16.1. The number of benzene rings is 1. The van der Waals surface area contributed by atoms with Gasteiger partial charge in [0.25, 0.3) is 0 Å². The van der Waals surface area contributed by atoms with Crippen molar-refractivity contribution in [1.82, 2.24) is 19.7 Å². The van der Waals surface area contributed by atoms with Gasteiger partial charge in [0.1, 0.15) is 16.7 Å². The predicted octanol–water partition coefficient (Wildman–Crippen LogP) is 1.34. The maximum atomic E-state index is 11.5. The van der Waals surface area contributed by atoms with Crippen LogP contribution in [0.1, 0.15) is 16.8 Å². The second-order valence-electron chi connectivity index (χ2n) is 5.66. The summed E-state index contributed by atoms with van der Waals surface area (Å²) in [6.07, 6.45) is 2.89. The van der Waals surface area contributed by atoms with Crippen molar-refractivity contribution in [2.45, 2.75) is 6.42 Å². The molecule has 2 aromatic heterocycles. The number of nitrogens with two attached hydrogens (primary N) is 1. The van der Waals surface area contributed by atoms with E-state index in [1.54, 1.807) is 23.0 Å². The first-order chi connectivity index (χ1) is 11.1. The van der Waals surface area contributed by atoms with E-state index in [0.29, 0.717) is 11.5 Å². The first-order valence-electron chi connectivity index (χ1n) is 7.48. The molecule has 7 heteroatoms. The highest BCUT2D eigenvalue weighted by molar-refractivity contribution is 5.96. The Morgan fingerprint density at radius 1 is 1.26 bits per heavy atom. The Bertz CT molecular complexity index is 912. The van der Waals surface area contributed by atoms with Crippen LogP contribution < -0.4 is 10.6 Å². The third-order valence-corrected chi connectivity index (χ3v) is 4.14. The molecule has 1 aromatic carbocycles. The van der Waals surface area contributed by atoms with Crippen molar-refractivity contribution in [1.29, 1.82) is 0 Å². The summed E-state index contributed by atoms with van der Waals surface area (Å²) >= 11 is 0. The van der Waals surface area contributed by atoms with Crippen molar-refractivity contribution < 1.29 is 4.79 Å². The standard InChI is InChI=1S/C16H16N6O/c1-21-14-12(9-18-21)19-16(22-6-3-7-22)20-13(14)10-4-2-5-11(8-10)15(17)23/h2,4-5,8-9H,3,6-7H2,1H3,(H2,17,23). The van der Waals surface area contributed by atoms with Gasteiger partial charge in [0.05, 0.1) is 6.20 Å². The molecule has 1 aliphatic rings. The predicted molar refractivity (Wildman–Crippen MR) is 87.1 cm³/mol. The number of carbonyl (C=O) groups is 1. The zero-order valence-corrected chi connectivity index (χ0v) is 12.7. The SMILES string of the molecule is Cn1ncc2nc(N3CCC3)nc(-c3cccc(C(N)=O)c3)c21. The van der Waals surface area contributed by atoms with Gasteiger partial charge in [0.2, 0.25) is 11.9 Å². The molecule has 3 heterocycles. The van der Waals surface area contributed by atoms with Crippen LogP contribution in [0, 0.1) is 0 Å². The molecule has 1 amide bonds. The topological polar surface area (TPSA) is 89.9 Å². The number of amides is 1. The molecule has 0 radical (unpaired) electrons. The van der Waals surface area contributed by atoms with E-state index in [1.807, 2.05) is 19.2 Å². The number of rotatable bonds is 3. The lowest BCUT2D eigenvalue weighted by Crippen LogP contribution is -2.38. The lowest BCUT2D eigenvalue weighted by Gasteiger charge is -2.31. The van der Waals surface area contributed by atoms with Gasteiger partial charge in [0, 0.05) is 31.3 Å². The van der Waals surface area contributed by atoms with E-state index in [9.17, 15) is 4.79 Å². The Morgan fingerprint density at radius 2 is 2.09 bits per heavy atom. The van der Waals surface area contributed by atoms with Gasteiger partial charge in [-0.2, -0.15) is 5.10 Å². The number of anilines is 1. The molecular formula is C16H16N6O. The summed E-state index contributed by atoms with van der Waals surface area (Å²) in [5, 5.41) is 4.29. The summed E-state index contributed by atoms with van der Waals surface area (Å²) in [7, 11) is 1.86. The van der Waals surface area contributed by atoms with Crippen LogP contribution in [0.3, 0.4) is 0 Å². The number of primary amides is 1. The molecule has 3 aromatic rings. The molecule has 1 fully saturated rings. The fourth-order valence-corrected chi connectivity index (χ4v) is 2.75. The van der Waals surface area contributed by atoms with Gasteiger partial charge in [0.15, 0.2) is 0 Å². The third-order valence-electron chi connectivity index (χ3n) is 4.14. The average molecular weight is 308 g/mol. The van der Waals surface area contributed by atoms with Crippen molar-refractivity contribution in [3.8, 4) is 11.3 Å². The van der Waals surface area contributed by atoms with Crippen molar-refractivity contribution in [3.05, 3.63) is 36.0 Å². The Kier molecular flexibility index (Phi) is 3.00. The minimum Gasteiger partial charge on any atom is -0.366 e. The monoisotopic (exact) mass is 308 g/mol. The second-order valence-corrected chi connectivity index (χ2v) is 5.66. The Labute approximate surface area is 132 Å². The number of aromatic nitrogens is 4. The maximum Gasteiger partial charge on any atom is 0.248 e. The minimum absolute atomic E-state index is 0.454. The maximum absolute atomic E-state index is 11.5. The molecule has 0 atom stereocenters. The van der Waals surface area contributed by atoms with Gasteiger partial charge in [-0.3, -0.25) is 9.48 Å². The molecule has 116 valence electrons. The highest BCUT2D eigenvalue weighted by Gasteiger charge is 2.21. The number of aryl methyl sites for hydroxylation is 1. The minimum atomic E-state index is -0.454. The summed E-state index contributed by atoms with van der Waals surface area (Å²) < 4.78 is 1.75. The van der Waals surface area contributed by atoms with Crippen molar-refractivity contribution >= 4 is 22.9 Å². The Balaban J connectivity index is 1.95. The summed E-state index contributed by atoms with van der Waals surface area (Å²) in [5.74, 6) is 0.251. The van der Waals surface area contributed by atoms with E-state index in [2.05, 4.69) is 15.0 Å². The van der Waals surface area contributed by atoms with Crippen LogP contribution in [-0.2, 0) is 7.05 Å². The largest absolute Gasteiger partial charge is 0.366 e. The van der Waals surface area contributed by atoms with Crippen molar-refractivity contribution in [3.63, 3.8) is 0 Å². The van der Waals surface area contributed by atoms with Crippen LogP contribution in [-0.4, -0.2) is 38.7 Å². The van der Waals surface area contributed by atoms with Crippen LogP contribution >= 0.6 is 0 Å². The molecule has 0 spiro atoms.